The number of esters is 2. The van der Waals surface area contributed by atoms with Crippen molar-refractivity contribution in [3.63, 3.8) is 0 Å². The van der Waals surface area contributed by atoms with E-state index in [1.165, 1.54) is 36.4 Å². The second-order valence-electron chi connectivity index (χ2n) is 7.12. The standard InChI is InChI=1S/C22H24N4O5/c23-22(24)26-17-9-5-15(6-10-17)21(29)31-18-11-7-14(8-12-18)20(28)30-13-19(27)25-16-3-1-2-4-16/h5-12,16H,1-4,13H2,(H,25,27)(H4,23,24,26). The van der Waals surface area contributed by atoms with Crippen LogP contribution in [-0.4, -0.2) is 36.5 Å². The van der Waals surface area contributed by atoms with Crippen LogP contribution < -0.4 is 21.5 Å². The van der Waals surface area contributed by atoms with Gasteiger partial charge in [-0.1, -0.05) is 12.8 Å². The van der Waals surface area contributed by atoms with Crippen molar-refractivity contribution in [2.75, 3.05) is 6.61 Å². The first kappa shape index (κ1) is 21.8. The predicted octanol–water partition coefficient (Wildman–Crippen LogP) is 2.03. The van der Waals surface area contributed by atoms with Gasteiger partial charge in [-0.05, 0) is 61.4 Å². The summed E-state index contributed by atoms with van der Waals surface area (Å²) in [6.07, 6.45) is 4.12. The normalized spacial score (nSPS) is 13.3. The van der Waals surface area contributed by atoms with Gasteiger partial charge < -0.3 is 26.3 Å². The maximum absolute atomic E-state index is 12.2. The lowest BCUT2D eigenvalue weighted by atomic mass is 10.2. The average molecular weight is 424 g/mol. The van der Waals surface area contributed by atoms with E-state index in [2.05, 4.69) is 10.3 Å². The van der Waals surface area contributed by atoms with Gasteiger partial charge in [0.1, 0.15) is 5.75 Å². The second kappa shape index (κ2) is 10.2. The number of carbonyl (C=O) groups is 3. The van der Waals surface area contributed by atoms with Crippen molar-refractivity contribution in [3.8, 4) is 5.75 Å². The molecule has 1 saturated carbocycles. The summed E-state index contributed by atoms with van der Waals surface area (Å²) in [5.41, 5.74) is 11.7. The Kier molecular flexibility index (Phi) is 7.21. The quantitative estimate of drug-likeness (QED) is 0.267. The molecule has 1 aliphatic rings. The summed E-state index contributed by atoms with van der Waals surface area (Å²) in [6.45, 7) is -0.331. The molecule has 0 bridgehead atoms. The zero-order valence-corrected chi connectivity index (χ0v) is 16.9. The summed E-state index contributed by atoms with van der Waals surface area (Å²) in [5.74, 6) is -1.33. The number of nitrogens with zero attached hydrogens (tertiary/aromatic N) is 1. The highest BCUT2D eigenvalue weighted by molar-refractivity contribution is 5.93. The van der Waals surface area contributed by atoms with Crippen LogP contribution in [0, 0.1) is 0 Å². The molecule has 5 N–H and O–H groups in total. The molecule has 2 aromatic rings. The largest absolute Gasteiger partial charge is 0.452 e. The van der Waals surface area contributed by atoms with Gasteiger partial charge in [0, 0.05) is 6.04 Å². The van der Waals surface area contributed by atoms with Crippen molar-refractivity contribution < 1.29 is 23.9 Å². The number of hydrogen-bond acceptors (Lipinski definition) is 6. The second-order valence-corrected chi connectivity index (χ2v) is 7.12. The molecule has 1 amide bonds. The van der Waals surface area contributed by atoms with Crippen molar-refractivity contribution in [2.24, 2.45) is 16.5 Å². The summed E-state index contributed by atoms with van der Waals surface area (Å²) in [7, 11) is 0. The maximum Gasteiger partial charge on any atom is 0.343 e. The minimum Gasteiger partial charge on any atom is -0.452 e. The van der Waals surface area contributed by atoms with Crippen molar-refractivity contribution in [3.05, 3.63) is 59.7 Å². The molecule has 0 aromatic heterocycles. The number of nitrogens with two attached hydrogens (primary N) is 2. The Bertz CT molecular complexity index is 960. The third kappa shape index (κ3) is 6.56. The van der Waals surface area contributed by atoms with E-state index in [-0.39, 0.29) is 35.8 Å². The summed E-state index contributed by atoms with van der Waals surface area (Å²) < 4.78 is 10.3. The first-order valence-electron chi connectivity index (χ1n) is 9.89. The van der Waals surface area contributed by atoms with Gasteiger partial charge in [0.15, 0.2) is 12.6 Å². The zero-order chi connectivity index (χ0) is 22.2. The van der Waals surface area contributed by atoms with Crippen LogP contribution in [0.3, 0.4) is 0 Å². The third-order valence-electron chi connectivity index (χ3n) is 4.72. The van der Waals surface area contributed by atoms with E-state index in [9.17, 15) is 14.4 Å². The van der Waals surface area contributed by atoms with Crippen LogP contribution in [0.4, 0.5) is 5.69 Å². The minimum absolute atomic E-state index is 0.0802. The van der Waals surface area contributed by atoms with E-state index < -0.39 is 11.9 Å². The fraction of sp³-hybridized carbons (Fsp3) is 0.273. The summed E-state index contributed by atoms with van der Waals surface area (Å²) >= 11 is 0. The zero-order valence-electron chi connectivity index (χ0n) is 16.9. The number of rotatable bonds is 7. The van der Waals surface area contributed by atoms with Gasteiger partial charge in [0.2, 0.25) is 0 Å². The number of hydrogen-bond donors (Lipinski definition) is 3. The van der Waals surface area contributed by atoms with Crippen LogP contribution in [0.1, 0.15) is 46.4 Å². The van der Waals surface area contributed by atoms with Gasteiger partial charge >= 0.3 is 11.9 Å². The van der Waals surface area contributed by atoms with E-state index in [1.807, 2.05) is 0 Å². The Hall–Kier alpha value is -3.88. The number of amides is 1. The van der Waals surface area contributed by atoms with E-state index >= 15 is 0 Å². The van der Waals surface area contributed by atoms with Crippen molar-refractivity contribution >= 4 is 29.5 Å². The van der Waals surface area contributed by atoms with Crippen LogP contribution >= 0.6 is 0 Å². The van der Waals surface area contributed by atoms with Gasteiger partial charge in [-0.2, -0.15) is 0 Å². The number of aliphatic imine (C=N–C) groups is 1. The Morgan fingerprint density at radius 2 is 1.48 bits per heavy atom. The predicted molar refractivity (Wildman–Crippen MR) is 114 cm³/mol. The number of guanidine groups is 1. The Morgan fingerprint density at radius 1 is 0.903 bits per heavy atom. The molecule has 162 valence electrons. The highest BCUT2D eigenvalue weighted by Crippen LogP contribution is 2.18. The van der Waals surface area contributed by atoms with Gasteiger partial charge in [-0.25, -0.2) is 14.6 Å². The van der Waals surface area contributed by atoms with Gasteiger partial charge in [0.05, 0.1) is 16.8 Å². The Labute approximate surface area is 179 Å². The number of carbonyl (C=O) groups excluding carboxylic acids is 3. The van der Waals surface area contributed by atoms with Crippen LogP contribution in [-0.2, 0) is 9.53 Å². The van der Waals surface area contributed by atoms with E-state index in [0.717, 1.165) is 25.7 Å². The number of nitrogens with one attached hydrogen (secondary N) is 1. The average Bonchev–Trinajstić information content (AvgIpc) is 3.25. The Balaban J connectivity index is 1.49. The molecule has 0 saturated heterocycles. The molecule has 3 rings (SSSR count). The summed E-state index contributed by atoms with van der Waals surface area (Å²) in [6, 6.07) is 12.3. The van der Waals surface area contributed by atoms with Gasteiger partial charge in [-0.3, -0.25) is 4.79 Å². The molecule has 0 aliphatic heterocycles. The van der Waals surface area contributed by atoms with Crippen LogP contribution in [0.15, 0.2) is 53.5 Å². The molecule has 0 radical (unpaired) electrons. The molecule has 2 aromatic carbocycles. The molecule has 9 heteroatoms. The Morgan fingerprint density at radius 3 is 2.10 bits per heavy atom. The lowest BCUT2D eigenvalue weighted by Crippen LogP contribution is -2.35. The van der Waals surface area contributed by atoms with Crippen molar-refractivity contribution in [1.82, 2.24) is 5.32 Å². The van der Waals surface area contributed by atoms with Crippen molar-refractivity contribution in [1.29, 1.82) is 0 Å². The fourth-order valence-corrected chi connectivity index (χ4v) is 3.20. The lowest BCUT2D eigenvalue weighted by Gasteiger charge is -2.12. The first-order chi connectivity index (χ1) is 14.9. The number of ether oxygens (including phenoxy) is 2. The van der Waals surface area contributed by atoms with Crippen molar-refractivity contribution in [2.45, 2.75) is 31.7 Å². The lowest BCUT2D eigenvalue weighted by molar-refractivity contribution is -0.124. The van der Waals surface area contributed by atoms with E-state index in [0.29, 0.717) is 11.3 Å². The van der Waals surface area contributed by atoms with Crippen LogP contribution in [0.2, 0.25) is 0 Å². The molecule has 0 heterocycles. The van der Waals surface area contributed by atoms with E-state index in [1.54, 1.807) is 12.1 Å². The first-order valence-corrected chi connectivity index (χ1v) is 9.89. The molecular formula is C22H24N4O5. The highest BCUT2D eigenvalue weighted by atomic mass is 16.5. The molecule has 0 atom stereocenters. The smallest absolute Gasteiger partial charge is 0.343 e. The molecule has 0 unspecified atom stereocenters. The summed E-state index contributed by atoms with van der Waals surface area (Å²) in [4.78, 5) is 40.1. The fourth-order valence-electron chi connectivity index (χ4n) is 3.20. The topological polar surface area (TPSA) is 146 Å². The molecule has 31 heavy (non-hydrogen) atoms. The molecule has 1 fully saturated rings. The van der Waals surface area contributed by atoms with Crippen LogP contribution in [0.25, 0.3) is 0 Å². The minimum atomic E-state index is -0.630. The van der Waals surface area contributed by atoms with E-state index in [4.69, 9.17) is 20.9 Å². The molecule has 1 aliphatic carbocycles. The molecule has 0 spiro atoms. The molecular weight excluding hydrogens is 400 g/mol. The monoisotopic (exact) mass is 424 g/mol. The van der Waals surface area contributed by atoms with Crippen LogP contribution in [0.5, 0.6) is 5.75 Å². The van der Waals surface area contributed by atoms with Gasteiger partial charge in [-0.15, -0.1) is 0 Å². The summed E-state index contributed by atoms with van der Waals surface area (Å²) in [5, 5.41) is 2.85. The van der Waals surface area contributed by atoms with Gasteiger partial charge in [0.25, 0.3) is 5.91 Å². The third-order valence-corrected chi connectivity index (χ3v) is 4.72. The number of benzene rings is 2. The molecule has 9 nitrogen and oxygen atoms in total. The SMILES string of the molecule is NC(N)=Nc1ccc(C(=O)Oc2ccc(C(=O)OCC(=O)NC3CCCC3)cc2)cc1. The maximum atomic E-state index is 12.2. The highest BCUT2D eigenvalue weighted by Gasteiger charge is 2.18.